The third-order valence-corrected chi connectivity index (χ3v) is 3.65. The molecule has 0 amide bonds. The van der Waals surface area contributed by atoms with Gasteiger partial charge in [0, 0.05) is 12.8 Å². The maximum Gasteiger partial charge on any atom is 0.133 e. The SMILES string of the molecule is C[C@@H]1CCC=CCCCCCCCCC(=O)C1. The van der Waals surface area contributed by atoms with Gasteiger partial charge in [-0.25, -0.2) is 0 Å². The van der Waals surface area contributed by atoms with Crippen molar-refractivity contribution in [3.8, 4) is 0 Å². The Morgan fingerprint density at radius 2 is 1.59 bits per heavy atom. The highest BCUT2D eigenvalue weighted by Gasteiger charge is 2.08. The first kappa shape index (κ1) is 14.5. The Bertz CT molecular complexity index is 230. The molecule has 0 spiro atoms. The first-order valence-electron chi connectivity index (χ1n) is 7.45. The van der Waals surface area contributed by atoms with Crippen molar-refractivity contribution in [1.82, 2.24) is 0 Å². The molecule has 0 saturated carbocycles. The fourth-order valence-electron chi connectivity index (χ4n) is 2.50. The number of hydrogen-bond acceptors (Lipinski definition) is 1. The lowest BCUT2D eigenvalue weighted by molar-refractivity contribution is -0.120. The van der Waals surface area contributed by atoms with E-state index in [-0.39, 0.29) is 0 Å². The number of allylic oxidation sites excluding steroid dienone is 2. The summed E-state index contributed by atoms with van der Waals surface area (Å²) in [6.07, 6.45) is 17.5. The molecule has 0 aromatic carbocycles. The van der Waals surface area contributed by atoms with Crippen molar-refractivity contribution in [2.24, 2.45) is 5.92 Å². The van der Waals surface area contributed by atoms with E-state index in [1.54, 1.807) is 0 Å². The second-order valence-electron chi connectivity index (χ2n) is 5.56. The Kier molecular flexibility index (Phi) is 8.04. The van der Waals surface area contributed by atoms with E-state index in [1.165, 1.54) is 44.9 Å². The predicted octanol–water partition coefficient (Wildman–Crippen LogP) is 5.05. The van der Waals surface area contributed by atoms with Crippen LogP contribution in [0.5, 0.6) is 0 Å². The van der Waals surface area contributed by atoms with Gasteiger partial charge >= 0.3 is 0 Å². The molecule has 0 radical (unpaired) electrons. The molecule has 17 heavy (non-hydrogen) atoms. The van der Waals surface area contributed by atoms with E-state index in [0.29, 0.717) is 11.7 Å². The van der Waals surface area contributed by atoms with Gasteiger partial charge in [0.05, 0.1) is 0 Å². The zero-order valence-corrected chi connectivity index (χ0v) is 11.4. The average Bonchev–Trinajstić information content (AvgIpc) is 2.30. The molecule has 1 aliphatic carbocycles. The van der Waals surface area contributed by atoms with Crippen LogP contribution in [0.4, 0.5) is 0 Å². The van der Waals surface area contributed by atoms with Gasteiger partial charge in [0.15, 0.2) is 0 Å². The molecule has 0 N–H and O–H groups in total. The van der Waals surface area contributed by atoms with Crippen molar-refractivity contribution in [3.05, 3.63) is 12.2 Å². The van der Waals surface area contributed by atoms with Gasteiger partial charge < -0.3 is 0 Å². The minimum absolute atomic E-state index is 0.483. The quantitative estimate of drug-likeness (QED) is 0.538. The zero-order chi connectivity index (χ0) is 12.3. The van der Waals surface area contributed by atoms with Crippen LogP contribution in [-0.4, -0.2) is 5.78 Å². The van der Waals surface area contributed by atoms with Gasteiger partial charge in [-0.2, -0.15) is 0 Å². The molecule has 98 valence electrons. The van der Waals surface area contributed by atoms with Crippen LogP contribution < -0.4 is 0 Å². The molecule has 1 aliphatic rings. The Labute approximate surface area is 107 Å². The Hall–Kier alpha value is -0.590. The first-order valence-corrected chi connectivity index (χ1v) is 7.45. The number of hydrogen-bond donors (Lipinski definition) is 0. The van der Waals surface area contributed by atoms with Crippen LogP contribution in [0.25, 0.3) is 0 Å². The molecule has 0 saturated heterocycles. The van der Waals surface area contributed by atoms with Crippen LogP contribution in [0, 0.1) is 5.92 Å². The summed E-state index contributed by atoms with van der Waals surface area (Å²) in [5.74, 6) is 1.05. The van der Waals surface area contributed by atoms with Gasteiger partial charge in [-0.1, -0.05) is 44.8 Å². The van der Waals surface area contributed by atoms with Gasteiger partial charge in [-0.3, -0.25) is 4.79 Å². The standard InChI is InChI=1S/C16H28O/c1-15-12-10-8-6-4-2-3-5-7-9-11-13-16(17)14-15/h6,8,15H,2-5,7,9-14H2,1H3/t15-/m1/s1. The molecule has 0 aromatic rings. The molecule has 1 heteroatoms. The second-order valence-corrected chi connectivity index (χ2v) is 5.56. The molecule has 0 unspecified atom stereocenters. The van der Waals surface area contributed by atoms with Crippen molar-refractivity contribution in [2.45, 2.75) is 77.6 Å². The lowest BCUT2D eigenvalue weighted by Gasteiger charge is -2.08. The molecule has 0 bridgehead atoms. The van der Waals surface area contributed by atoms with Gasteiger partial charge in [0.2, 0.25) is 0 Å². The average molecular weight is 236 g/mol. The molecular weight excluding hydrogens is 208 g/mol. The number of Topliss-reactive ketones (excluding diaryl/α,β-unsaturated/α-hetero) is 1. The van der Waals surface area contributed by atoms with Crippen LogP contribution in [0.1, 0.15) is 77.6 Å². The van der Waals surface area contributed by atoms with E-state index in [1.807, 2.05) is 0 Å². The minimum Gasteiger partial charge on any atom is -0.300 e. The number of carbonyl (C=O) groups excluding carboxylic acids is 1. The summed E-state index contributed by atoms with van der Waals surface area (Å²) in [7, 11) is 0. The maximum absolute atomic E-state index is 11.7. The topological polar surface area (TPSA) is 17.1 Å². The summed E-state index contributed by atoms with van der Waals surface area (Å²) in [4.78, 5) is 11.7. The van der Waals surface area contributed by atoms with Crippen LogP contribution in [0.3, 0.4) is 0 Å². The molecule has 1 atom stereocenters. The molecule has 0 aliphatic heterocycles. The van der Waals surface area contributed by atoms with Gasteiger partial charge in [0.25, 0.3) is 0 Å². The largest absolute Gasteiger partial charge is 0.300 e. The van der Waals surface area contributed by atoms with Crippen molar-refractivity contribution in [1.29, 1.82) is 0 Å². The normalized spacial score (nSPS) is 26.2. The second kappa shape index (κ2) is 9.44. The Morgan fingerprint density at radius 3 is 2.41 bits per heavy atom. The summed E-state index contributed by atoms with van der Waals surface area (Å²) in [5.41, 5.74) is 0. The van der Waals surface area contributed by atoms with E-state index in [4.69, 9.17) is 0 Å². The molecule has 0 aromatic heterocycles. The minimum atomic E-state index is 0.483. The Balaban J connectivity index is 2.30. The summed E-state index contributed by atoms with van der Waals surface area (Å²) >= 11 is 0. The zero-order valence-electron chi connectivity index (χ0n) is 11.4. The Morgan fingerprint density at radius 1 is 0.941 bits per heavy atom. The van der Waals surface area contributed by atoms with Gasteiger partial charge in [0.1, 0.15) is 5.78 Å². The van der Waals surface area contributed by atoms with Crippen molar-refractivity contribution in [3.63, 3.8) is 0 Å². The van der Waals surface area contributed by atoms with E-state index >= 15 is 0 Å². The van der Waals surface area contributed by atoms with E-state index in [9.17, 15) is 4.79 Å². The highest BCUT2D eigenvalue weighted by molar-refractivity contribution is 5.78. The number of rotatable bonds is 0. The molecule has 0 heterocycles. The molecule has 0 fully saturated rings. The number of ketones is 1. The highest BCUT2D eigenvalue weighted by atomic mass is 16.1. The van der Waals surface area contributed by atoms with E-state index in [0.717, 1.165) is 25.7 Å². The monoisotopic (exact) mass is 236 g/mol. The lowest BCUT2D eigenvalue weighted by Crippen LogP contribution is -2.05. The predicted molar refractivity (Wildman–Crippen MR) is 74.1 cm³/mol. The molecule has 1 rings (SSSR count). The fraction of sp³-hybridized carbons (Fsp3) is 0.812. The van der Waals surface area contributed by atoms with Crippen molar-refractivity contribution < 1.29 is 4.79 Å². The van der Waals surface area contributed by atoms with Crippen molar-refractivity contribution in [2.75, 3.05) is 0 Å². The third kappa shape index (κ3) is 8.18. The van der Waals surface area contributed by atoms with Crippen LogP contribution in [0.2, 0.25) is 0 Å². The van der Waals surface area contributed by atoms with Gasteiger partial charge in [-0.05, 0) is 38.0 Å². The van der Waals surface area contributed by atoms with Crippen LogP contribution >= 0.6 is 0 Å². The highest BCUT2D eigenvalue weighted by Crippen LogP contribution is 2.16. The van der Waals surface area contributed by atoms with Crippen LogP contribution in [-0.2, 0) is 4.79 Å². The summed E-state index contributed by atoms with van der Waals surface area (Å²) in [6.45, 7) is 2.21. The number of carbonyl (C=O) groups is 1. The molecule has 1 nitrogen and oxygen atoms in total. The lowest BCUT2D eigenvalue weighted by atomic mass is 9.96. The van der Waals surface area contributed by atoms with Crippen LogP contribution in [0.15, 0.2) is 12.2 Å². The maximum atomic E-state index is 11.7. The summed E-state index contributed by atoms with van der Waals surface area (Å²) in [6, 6.07) is 0. The van der Waals surface area contributed by atoms with Crippen molar-refractivity contribution >= 4 is 5.78 Å². The third-order valence-electron chi connectivity index (χ3n) is 3.65. The fourth-order valence-corrected chi connectivity index (χ4v) is 2.50. The molecular formula is C16H28O. The van der Waals surface area contributed by atoms with Gasteiger partial charge in [-0.15, -0.1) is 0 Å². The smallest absolute Gasteiger partial charge is 0.133 e. The van der Waals surface area contributed by atoms with E-state index < -0.39 is 0 Å². The van der Waals surface area contributed by atoms with E-state index in [2.05, 4.69) is 19.1 Å². The summed E-state index contributed by atoms with van der Waals surface area (Å²) < 4.78 is 0. The first-order chi connectivity index (χ1) is 8.29. The summed E-state index contributed by atoms with van der Waals surface area (Å²) in [5, 5.41) is 0.